The lowest BCUT2D eigenvalue weighted by Crippen LogP contribution is -2.43. The first-order valence-electron chi connectivity index (χ1n) is 8.23. The van der Waals surface area contributed by atoms with Gasteiger partial charge in [-0.2, -0.15) is 5.26 Å². The Morgan fingerprint density at radius 2 is 1.86 bits per heavy atom. The van der Waals surface area contributed by atoms with Crippen molar-refractivity contribution in [1.29, 1.82) is 5.26 Å². The summed E-state index contributed by atoms with van der Waals surface area (Å²) >= 11 is 0. The van der Waals surface area contributed by atoms with Crippen molar-refractivity contribution in [3.05, 3.63) is 75.6 Å². The number of benzene rings is 2. The Labute approximate surface area is 159 Å². The van der Waals surface area contributed by atoms with Crippen LogP contribution in [-0.4, -0.2) is 18.4 Å². The lowest BCUT2D eigenvalue weighted by atomic mass is 10.1. The Kier molecular flexibility index (Phi) is 5.37. The number of fused-ring (bicyclic) bond motifs is 1. The van der Waals surface area contributed by atoms with E-state index >= 15 is 0 Å². The molecule has 8 nitrogen and oxygen atoms in total. The number of nitriles is 1. The van der Waals surface area contributed by atoms with Gasteiger partial charge in [0.25, 0.3) is 11.8 Å². The third-order valence-electron chi connectivity index (χ3n) is 3.88. The summed E-state index contributed by atoms with van der Waals surface area (Å²) in [4.78, 5) is 35.3. The van der Waals surface area contributed by atoms with Crippen LogP contribution in [0, 0.1) is 18.3 Å². The molecule has 8 heteroatoms. The van der Waals surface area contributed by atoms with Gasteiger partial charge >= 0.3 is 5.63 Å². The number of nitrogens with zero attached hydrogens (tertiary/aromatic N) is 1. The summed E-state index contributed by atoms with van der Waals surface area (Å²) in [6.45, 7) is 1.44. The van der Waals surface area contributed by atoms with E-state index in [1.165, 1.54) is 36.4 Å². The highest BCUT2D eigenvalue weighted by molar-refractivity contribution is 5.95. The van der Waals surface area contributed by atoms with Gasteiger partial charge in [-0.15, -0.1) is 0 Å². The monoisotopic (exact) mass is 377 g/mol. The number of hydrogen-bond acceptors (Lipinski definition) is 6. The fraction of sp³-hybridized carbons (Fsp3) is 0.100. The number of hydrogen-bond donors (Lipinski definition) is 2. The van der Waals surface area contributed by atoms with Gasteiger partial charge in [0.2, 0.25) is 0 Å². The molecule has 0 aliphatic carbocycles. The Morgan fingerprint density at radius 1 is 1.11 bits per heavy atom. The number of hydrazine groups is 1. The van der Waals surface area contributed by atoms with Crippen LogP contribution in [0.3, 0.4) is 0 Å². The molecule has 28 heavy (non-hydrogen) atoms. The Morgan fingerprint density at radius 3 is 2.57 bits per heavy atom. The van der Waals surface area contributed by atoms with Crippen molar-refractivity contribution >= 4 is 22.8 Å². The summed E-state index contributed by atoms with van der Waals surface area (Å²) in [5.41, 5.74) is 5.88. The maximum absolute atomic E-state index is 11.9. The van der Waals surface area contributed by atoms with E-state index in [-0.39, 0.29) is 6.61 Å². The molecule has 1 heterocycles. The molecule has 0 saturated heterocycles. The summed E-state index contributed by atoms with van der Waals surface area (Å²) < 4.78 is 10.5. The van der Waals surface area contributed by atoms with Crippen LogP contribution in [0.2, 0.25) is 0 Å². The molecule has 0 aliphatic heterocycles. The lowest BCUT2D eigenvalue weighted by Gasteiger charge is -2.09. The second-order valence-corrected chi connectivity index (χ2v) is 5.89. The minimum Gasteiger partial charge on any atom is -0.484 e. The summed E-state index contributed by atoms with van der Waals surface area (Å²) in [6, 6.07) is 14.2. The molecule has 1 aromatic heterocycles. The topological polar surface area (TPSA) is 121 Å². The first-order valence-corrected chi connectivity index (χ1v) is 8.23. The normalized spacial score (nSPS) is 10.1. The van der Waals surface area contributed by atoms with Crippen LogP contribution in [0.4, 0.5) is 0 Å². The smallest absolute Gasteiger partial charge is 0.336 e. The van der Waals surface area contributed by atoms with Crippen molar-refractivity contribution in [3.8, 4) is 11.8 Å². The zero-order valence-corrected chi connectivity index (χ0v) is 14.8. The van der Waals surface area contributed by atoms with Crippen LogP contribution in [0.15, 0.2) is 57.7 Å². The molecule has 3 rings (SSSR count). The van der Waals surface area contributed by atoms with Gasteiger partial charge in [0, 0.05) is 23.1 Å². The number of carbonyl (C=O) groups excluding carboxylic acids is 2. The molecule has 3 aromatic rings. The van der Waals surface area contributed by atoms with Gasteiger partial charge in [0.05, 0.1) is 11.6 Å². The van der Waals surface area contributed by atoms with Gasteiger partial charge in [-0.05, 0) is 48.9 Å². The Bertz CT molecular complexity index is 1140. The van der Waals surface area contributed by atoms with Crippen molar-refractivity contribution in [3.63, 3.8) is 0 Å². The number of amides is 2. The number of rotatable bonds is 4. The fourth-order valence-electron chi connectivity index (χ4n) is 2.47. The van der Waals surface area contributed by atoms with E-state index < -0.39 is 17.4 Å². The van der Waals surface area contributed by atoms with Crippen LogP contribution >= 0.6 is 0 Å². The van der Waals surface area contributed by atoms with Gasteiger partial charge in [-0.1, -0.05) is 0 Å². The molecule has 0 fully saturated rings. The van der Waals surface area contributed by atoms with Crippen LogP contribution < -0.4 is 21.2 Å². The minimum absolute atomic E-state index is 0.292. The van der Waals surface area contributed by atoms with Gasteiger partial charge in [0.15, 0.2) is 6.61 Å². The standard InChI is InChI=1S/C20H15N3O5/c1-12-8-19(25)28-17-9-15(6-7-16(12)17)27-11-18(24)22-23-20(26)14-4-2-13(10-21)3-5-14/h2-9H,11H2,1H3,(H,22,24)(H,23,26). The van der Waals surface area contributed by atoms with Gasteiger partial charge < -0.3 is 9.15 Å². The van der Waals surface area contributed by atoms with Crippen LogP contribution in [-0.2, 0) is 4.79 Å². The number of carbonyl (C=O) groups is 2. The van der Waals surface area contributed by atoms with Crippen molar-refractivity contribution in [2.24, 2.45) is 0 Å². The average Bonchev–Trinajstić information content (AvgIpc) is 2.70. The van der Waals surface area contributed by atoms with Gasteiger partial charge in [-0.25, -0.2) is 4.79 Å². The third kappa shape index (κ3) is 4.34. The largest absolute Gasteiger partial charge is 0.484 e. The fourth-order valence-corrected chi connectivity index (χ4v) is 2.47. The van der Waals surface area contributed by atoms with E-state index in [1.54, 1.807) is 19.1 Å². The molecule has 140 valence electrons. The molecule has 0 aliphatic rings. The average molecular weight is 377 g/mol. The molecular formula is C20H15N3O5. The highest BCUT2D eigenvalue weighted by Crippen LogP contribution is 2.22. The molecule has 0 bridgehead atoms. The van der Waals surface area contributed by atoms with Crippen LogP contribution in [0.5, 0.6) is 5.75 Å². The van der Waals surface area contributed by atoms with Crippen molar-refractivity contribution in [2.45, 2.75) is 6.92 Å². The first kappa shape index (κ1) is 18.7. The summed E-state index contributed by atoms with van der Waals surface area (Å²) in [7, 11) is 0. The molecule has 2 N–H and O–H groups in total. The Hall–Kier alpha value is -4.12. The number of aryl methyl sites for hydroxylation is 1. The zero-order valence-electron chi connectivity index (χ0n) is 14.8. The highest BCUT2D eigenvalue weighted by atomic mass is 16.5. The first-order chi connectivity index (χ1) is 13.5. The van der Waals surface area contributed by atoms with Crippen LogP contribution in [0.1, 0.15) is 21.5 Å². The number of nitrogens with one attached hydrogen (secondary N) is 2. The number of ether oxygens (including phenoxy) is 1. The maximum Gasteiger partial charge on any atom is 0.336 e. The quantitative estimate of drug-likeness (QED) is 0.528. The molecule has 0 atom stereocenters. The van der Waals surface area contributed by atoms with Gasteiger partial charge in [0.1, 0.15) is 11.3 Å². The van der Waals surface area contributed by atoms with E-state index in [4.69, 9.17) is 14.4 Å². The van der Waals surface area contributed by atoms with E-state index in [0.29, 0.717) is 22.5 Å². The van der Waals surface area contributed by atoms with Crippen molar-refractivity contribution in [1.82, 2.24) is 10.9 Å². The third-order valence-corrected chi connectivity index (χ3v) is 3.88. The van der Waals surface area contributed by atoms with E-state index in [2.05, 4.69) is 10.9 Å². The second-order valence-electron chi connectivity index (χ2n) is 5.89. The molecule has 2 amide bonds. The van der Waals surface area contributed by atoms with E-state index in [0.717, 1.165) is 10.9 Å². The Balaban J connectivity index is 1.55. The highest BCUT2D eigenvalue weighted by Gasteiger charge is 2.09. The summed E-state index contributed by atoms with van der Waals surface area (Å²) in [5, 5.41) is 9.51. The lowest BCUT2D eigenvalue weighted by molar-refractivity contribution is -0.123. The van der Waals surface area contributed by atoms with Crippen molar-refractivity contribution < 1.29 is 18.7 Å². The van der Waals surface area contributed by atoms with E-state index in [9.17, 15) is 14.4 Å². The summed E-state index contributed by atoms with van der Waals surface area (Å²) in [6.07, 6.45) is 0. The zero-order chi connectivity index (χ0) is 20.1. The predicted molar refractivity (Wildman–Crippen MR) is 99.5 cm³/mol. The molecular weight excluding hydrogens is 362 g/mol. The predicted octanol–water partition coefficient (Wildman–Crippen LogP) is 1.81. The molecule has 2 aromatic carbocycles. The minimum atomic E-state index is -0.576. The van der Waals surface area contributed by atoms with E-state index in [1.807, 2.05) is 6.07 Å². The molecule has 0 radical (unpaired) electrons. The second kappa shape index (κ2) is 8.05. The van der Waals surface area contributed by atoms with Gasteiger partial charge in [-0.3, -0.25) is 20.4 Å². The maximum atomic E-state index is 11.9. The molecule has 0 spiro atoms. The molecule has 0 unspecified atom stereocenters. The van der Waals surface area contributed by atoms with Crippen LogP contribution in [0.25, 0.3) is 11.0 Å². The summed E-state index contributed by atoms with van der Waals surface area (Å²) in [5.74, 6) is -0.761. The molecule has 0 saturated carbocycles. The van der Waals surface area contributed by atoms with Crippen molar-refractivity contribution in [2.75, 3.05) is 6.61 Å². The SMILES string of the molecule is Cc1cc(=O)oc2cc(OCC(=O)NNC(=O)c3ccc(C#N)cc3)ccc12.